The van der Waals surface area contributed by atoms with Crippen LogP contribution in [0, 0.1) is 5.92 Å². The number of nitrogens with one attached hydrogen (secondary N) is 1. The molecule has 3 aromatic rings. The Bertz CT molecular complexity index is 980. The largest absolute Gasteiger partial charge is 0.356 e. The second-order valence-electron chi connectivity index (χ2n) is 7.92. The zero-order valence-corrected chi connectivity index (χ0v) is 18.0. The third kappa shape index (κ3) is 5.10. The monoisotopic (exact) mass is 419 g/mol. The number of benzene rings is 1. The van der Waals surface area contributed by atoms with Gasteiger partial charge in [-0.25, -0.2) is 4.98 Å². The number of hydrogen-bond acceptors (Lipinski definition) is 6. The Balaban J connectivity index is 1.42. The van der Waals surface area contributed by atoms with Gasteiger partial charge in [-0.2, -0.15) is 4.98 Å². The van der Waals surface area contributed by atoms with E-state index in [0.717, 1.165) is 68.7 Å². The molecular formula is C24H29N5O2. The first-order valence-electron chi connectivity index (χ1n) is 11.1. The van der Waals surface area contributed by atoms with Crippen molar-refractivity contribution in [2.75, 3.05) is 24.5 Å². The van der Waals surface area contributed by atoms with Crippen LogP contribution in [-0.4, -0.2) is 40.7 Å². The van der Waals surface area contributed by atoms with E-state index in [2.05, 4.69) is 32.3 Å². The van der Waals surface area contributed by atoms with E-state index in [4.69, 9.17) is 4.52 Å². The van der Waals surface area contributed by atoms with Gasteiger partial charge in [-0.3, -0.25) is 4.79 Å². The molecule has 1 saturated heterocycles. The van der Waals surface area contributed by atoms with E-state index in [1.54, 1.807) is 6.20 Å². The number of pyridine rings is 1. The summed E-state index contributed by atoms with van der Waals surface area (Å²) in [6.07, 6.45) is 6.77. The van der Waals surface area contributed by atoms with Gasteiger partial charge in [-0.15, -0.1) is 0 Å². The Morgan fingerprint density at radius 3 is 2.71 bits per heavy atom. The molecule has 162 valence electrons. The first kappa shape index (κ1) is 21.0. The Hall–Kier alpha value is -3.22. The van der Waals surface area contributed by atoms with Gasteiger partial charge in [-0.05, 0) is 31.4 Å². The summed E-state index contributed by atoms with van der Waals surface area (Å²) in [6, 6.07) is 13.6. The Morgan fingerprint density at radius 1 is 1.13 bits per heavy atom. The first-order chi connectivity index (χ1) is 15.3. The molecule has 1 aromatic carbocycles. The van der Waals surface area contributed by atoms with Crippen LogP contribution in [0.25, 0.3) is 22.8 Å². The zero-order chi connectivity index (χ0) is 21.5. The molecule has 1 amide bonds. The van der Waals surface area contributed by atoms with Gasteiger partial charge in [0.2, 0.25) is 11.7 Å². The van der Waals surface area contributed by atoms with E-state index < -0.39 is 0 Å². The number of carbonyl (C=O) groups excluding carboxylic acids is 1. The van der Waals surface area contributed by atoms with Crippen LogP contribution in [0.3, 0.4) is 0 Å². The highest BCUT2D eigenvalue weighted by atomic mass is 16.5. The minimum absolute atomic E-state index is 0.0677. The molecule has 3 heterocycles. The maximum Gasteiger partial charge on any atom is 0.261 e. The number of anilines is 1. The summed E-state index contributed by atoms with van der Waals surface area (Å²) in [4.78, 5) is 23.9. The minimum atomic E-state index is 0.0677. The molecule has 0 saturated carbocycles. The Morgan fingerprint density at radius 2 is 1.94 bits per heavy atom. The van der Waals surface area contributed by atoms with Crippen molar-refractivity contribution in [3.8, 4) is 22.8 Å². The summed E-state index contributed by atoms with van der Waals surface area (Å²) >= 11 is 0. The summed E-state index contributed by atoms with van der Waals surface area (Å²) < 4.78 is 5.57. The highest BCUT2D eigenvalue weighted by Crippen LogP contribution is 2.31. The van der Waals surface area contributed by atoms with Gasteiger partial charge in [0.25, 0.3) is 5.89 Å². The molecule has 2 aromatic heterocycles. The molecule has 0 radical (unpaired) electrons. The molecule has 0 bridgehead atoms. The standard InChI is InChI=1S/C24H29N5O2/c1-2-3-7-14-26-23(30)19-12-16-29(17-13-19)22-20(11-8-15-25-22)24-27-21(28-31-24)18-9-5-4-6-10-18/h4-6,8-11,15,19H,2-3,7,12-14,16-17H2,1H3,(H,26,30). The van der Waals surface area contributed by atoms with Gasteiger partial charge in [0.15, 0.2) is 0 Å². The fourth-order valence-corrected chi connectivity index (χ4v) is 3.94. The number of amides is 1. The SMILES string of the molecule is CCCCCNC(=O)C1CCN(c2ncccc2-c2nc(-c3ccccc3)no2)CC1. The van der Waals surface area contributed by atoms with Crippen molar-refractivity contribution in [3.05, 3.63) is 48.7 Å². The van der Waals surface area contributed by atoms with Crippen LogP contribution in [0.15, 0.2) is 53.2 Å². The predicted molar refractivity (Wildman–Crippen MR) is 120 cm³/mol. The molecule has 7 nitrogen and oxygen atoms in total. The molecule has 0 atom stereocenters. The van der Waals surface area contributed by atoms with Crippen molar-refractivity contribution in [3.63, 3.8) is 0 Å². The molecule has 1 fully saturated rings. The van der Waals surface area contributed by atoms with E-state index >= 15 is 0 Å². The Labute approximate surface area is 182 Å². The maximum absolute atomic E-state index is 12.5. The lowest BCUT2D eigenvalue weighted by Gasteiger charge is -2.32. The number of carbonyl (C=O) groups is 1. The minimum Gasteiger partial charge on any atom is -0.356 e. The van der Waals surface area contributed by atoms with Gasteiger partial charge >= 0.3 is 0 Å². The first-order valence-corrected chi connectivity index (χ1v) is 11.1. The van der Waals surface area contributed by atoms with Gasteiger partial charge in [-0.1, -0.05) is 55.3 Å². The highest BCUT2D eigenvalue weighted by molar-refractivity contribution is 5.79. The van der Waals surface area contributed by atoms with Crippen LogP contribution >= 0.6 is 0 Å². The van der Waals surface area contributed by atoms with Gasteiger partial charge in [0.1, 0.15) is 5.82 Å². The third-order valence-electron chi connectivity index (χ3n) is 5.72. The van der Waals surface area contributed by atoms with Crippen LogP contribution in [0.2, 0.25) is 0 Å². The highest BCUT2D eigenvalue weighted by Gasteiger charge is 2.27. The summed E-state index contributed by atoms with van der Waals surface area (Å²) in [5, 5.41) is 7.23. The number of hydrogen-bond donors (Lipinski definition) is 1. The van der Waals surface area contributed by atoms with Crippen molar-refractivity contribution in [1.29, 1.82) is 0 Å². The summed E-state index contributed by atoms with van der Waals surface area (Å²) in [5.74, 6) is 2.09. The van der Waals surface area contributed by atoms with Crippen LogP contribution in [-0.2, 0) is 4.79 Å². The molecule has 1 aliphatic heterocycles. The fourth-order valence-electron chi connectivity index (χ4n) is 3.94. The van der Waals surface area contributed by atoms with Crippen LogP contribution in [0.4, 0.5) is 5.82 Å². The number of piperidine rings is 1. The predicted octanol–water partition coefficient (Wildman–Crippen LogP) is 4.32. The van der Waals surface area contributed by atoms with Crippen molar-refractivity contribution >= 4 is 11.7 Å². The van der Waals surface area contributed by atoms with E-state index in [9.17, 15) is 4.79 Å². The van der Waals surface area contributed by atoms with Crippen molar-refractivity contribution in [2.24, 2.45) is 5.92 Å². The van der Waals surface area contributed by atoms with Gasteiger partial charge in [0.05, 0.1) is 5.56 Å². The fraction of sp³-hybridized carbons (Fsp3) is 0.417. The van der Waals surface area contributed by atoms with Crippen LogP contribution in [0.1, 0.15) is 39.0 Å². The van der Waals surface area contributed by atoms with Gasteiger partial charge in [0, 0.05) is 37.3 Å². The second kappa shape index (κ2) is 10.2. The average molecular weight is 420 g/mol. The molecule has 0 unspecified atom stereocenters. The lowest BCUT2D eigenvalue weighted by Crippen LogP contribution is -2.41. The lowest BCUT2D eigenvalue weighted by atomic mass is 9.95. The number of rotatable bonds is 8. The third-order valence-corrected chi connectivity index (χ3v) is 5.72. The van der Waals surface area contributed by atoms with Crippen molar-refractivity contribution < 1.29 is 9.32 Å². The smallest absolute Gasteiger partial charge is 0.261 e. The number of unbranched alkanes of at least 4 members (excludes halogenated alkanes) is 2. The van der Waals surface area contributed by atoms with Gasteiger partial charge < -0.3 is 14.7 Å². The summed E-state index contributed by atoms with van der Waals surface area (Å²) in [5.41, 5.74) is 1.73. The topological polar surface area (TPSA) is 84.2 Å². The Kier molecular flexibility index (Phi) is 6.92. The maximum atomic E-state index is 12.5. The summed E-state index contributed by atoms with van der Waals surface area (Å²) in [7, 11) is 0. The molecule has 1 aliphatic rings. The molecule has 7 heteroatoms. The van der Waals surface area contributed by atoms with Crippen molar-refractivity contribution in [1.82, 2.24) is 20.4 Å². The quantitative estimate of drug-likeness (QED) is 0.548. The molecule has 1 N–H and O–H groups in total. The van der Waals surface area contributed by atoms with Crippen LogP contribution in [0.5, 0.6) is 0 Å². The normalized spacial score (nSPS) is 14.5. The lowest BCUT2D eigenvalue weighted by molar-refractivity contribution is -0.125. The molecule has 0 spiro atoms. The van der Waals surface area contributed by atoms with E-state index in [1.807, 2.05) is 42.5 Å². The second-order valence-corrected chi connectivity index (χ2v) is 7.92. The van der Waals surface area contributed by atoms with E-state index in [0.29, 0.717) is 11.7 Å². The molecule has 4 rings (SSSR count). The zero-order valence-electron chi connectivity index (χ0n) is 18.0. The number of nitrogens with zero attached hydrogens (tertiary/aromatic N) is 4. The summed E-state index contributed by atoms with van der Waals surface area (Å²) in [6.45, 7) is 4.49. The molecular weight excluding hydrogens is 390 g/mol. The van der Waals surface area contributed by atoms with Crippen LogP contribution < -0.4 is 10.2 Å². The average Bonchev–Trinajstić information content (AvgIpc) is 3.33. The molecule has 31 heavy (non-hydrogen) atoms. The van der Waals surface area contributed by atoms with E-state index in [1.165, 1.54) is 0 Å². The van der Waals surface area contributed by atoms with Crippen molar-refractivity contribution in [2.45, 2.75) is 39.0 Å². The van der Waals surface area contributed by atoms with E-state index in [-0.39, 0.29) is 11.8 Å². The number of aromatic nitrogens is 3. The molecule has 0 aliphatic carbocycles.